The van der Waals surface area contributed by atoms with Crippen molar-refractivity contribution < 1.29 is 22.8 Å². The zero-order valence-electron chi connectivity index (χ0n) is 20.1. The van der Waals surface area contributed by atoms with E-state index in [4.69, 9.17) is 0 Å². The van der Waals surface area contributed by atoms with E-state index in [1.54, 1.807) is 0 Å². The van der Waals surface area contributed by atoms with Crippen LogP contribution in [0.4, 0.5) is 13.2 Å². The summed E-state index contributed by atoms with van der Waals surface area (Å²) >= 11 is 1.48. The second-order valence-electron chi connectivity index (χ2n) is 9.68. The Morgan fingerprint density at radius 2 is 1.89 bits per heavy atom. The number of fused-ring (bicyclic) bond motifs is 1. The molecule has 1 saturated carbocycles. The van der Waals surface area contributed by atoms with Crippen LogP contribution in [-0.2, 0) is 6.18 Å². The number of benzene rings is 2. The van der Waals surface area contributed by atoms with Crippen LogP contribution in [0.5, 0.6) is 0 Å². The number of hydrogen-bond donors (Lipinski definition) is 1. The maximum atomic E-state index is 13.7. The third-order valence-corrected chi connectivity index (χ3v) is 7.99. The molecule has 5 rings (SSSR count). The first-order chi connectivity index (χ1) is 17.0. The van der Waals surface area contributed by atoms with Crippen LogP contribution in [-0.4, -0.2) is 40.3 Å². The van der Waals surface area contributed by atoms with Gasteiger partial charge in [-0.1, -0.05) is 35.9 Å². The second kappa shape index (κ2) is 9.03. The molecule has 5 nitrogen and oxygen atoms in total. The Labute approximate surface area is 211 Å². The van der Waals surface area contributed by atoms with Gasteiger partial charge in [-0.05, 0) is 62.8 Å². The average molecular weight is 514 g/mol. The van der Waals surface area contributed by atoms with Crippen molar-refractivity contribution in [3.63, 3.8) is 0 Å². The van der Waals surface area contributed by atoms with Gasteiger partial charge in [0.25, 0.3) is 11.8 Å². The molecule has 188 valence electrons. The molecule has 2 fully saturated rings. The summed E-state index contributed by atoms with van der Waals surface area (Å²) in [5.74, 6) is -0.359. The number of aryl methyl sites for hydroxylation is 3. The molecule has 2 amide bonds. The monoisotopic (exact) mass is 513 g/mol. The van der Waals surface area contributed by atoms with Gasteiger partial charge in [0.2, 0.25) is 0 Å². The van der Waals surface area contributed by atoms with Crippen molar-refractivity contribution in [2.24, 2.45) is 5.92 Å². The fourth-order valence-electron chi connectivity index (χ4n) is 5.12. The predicted molar refractivity (Wildman–Crippen MR) is 132 cm³/mol. The standard InChI is InChI=1S/C27H26F3N3O2S/c1-14-5-4-6-17(9-14)24-23(32-16(3)36-24)26(35)33-20(10-19-12-22(19)33)13-31-25(34)18-8-7-15(2)21(11-18)27(28,29)30/h4-9,11,19-20,22H,10,12-13H2,1-3H3,(H,31,34)/t19-,20-,22-/m0/s1. The van der Waals surface area contributed by atoms with E-state index in [9.17, 15) is 22.8 Å². The van der Waals surface area contributed by atoms with Crippen molar-refractivity contribution in [3.05, 3.63) is 75.4 Å². The van der Waals surface area contributed by atoms with Gasteiger partial charge < -0.3 is 10.2 Å². The molecule has 9 heteroatoms. The zero-order chi connectivity index (χ0) is 25.8. The maximum absolute atomic E-state index is 13.7. The van der Waals surface area contributed by atoms with Crippen molar-refractivity contribution >= 4 is 23.2 Å². The quantitative estimate of drug-likeness (QED) is 0.470. The van der Waals surface area contributed by atoms with Crippen LogP contribution in [0.15, 0.2) is 42.5 Å². The number of halogens is 3. The summed E-state index contributed by atoms with van der Waals surface area (Å²) in [5, 5.41) is 3.55. The largest absolute Gasteiger partial charge is 0.416 e. The number of rotatable bonds is 5. The van der Waals surface area contributed by atoms with Crippen LogP contribution in [0.25, 0.3) is 10.4 Å². The Bertz CT molecular complexity index is 1350. The lowest BCUT2D eigenvalue weighted by atomic mass is 10.0. The van der Waals surface area contributed by atoms with E-state index in [1.807, 2.05) is 43.0 Å². The first kappa shape index (κ1) is 24.5. The molecule has 1 aliphatic heterocycles. The number of nitrogens with one attached hydrogen (secondary N) is 1. The molecular weight excluding hydrogens is 487 g/mol. The summed E-state index contributed by atoms with van der Waals surface area (Å²) in [6.45, 7) is 5.41. The van der Waals surface area contributed by atoms with Crippen molar-refractivity contribution in [2.45, 2.75) is 51.9 Å². The summed E-state index contributed by atoms with van der Waals surface area (Å²) in [6, 6.07) is 11.4. The SMILES string of the molecule is Cc1cccc(-c2sc(C)nc2C(=O)N2[C@H](CNC(=O)c3ccc(C)c(C(F)(F)F)c3)C[C@H]3C[C@@H]32)c1. The highest BCUT2D eigenvalue weighted by Gasteiger charge is 2.54. The number of alkyl halides is 3. The van der Waals surface area contributed by atoms with E-state index in [2.05, 4.69) is 10.3 Å². The Balaban J connectivity index is 1.34. The highest BCUT2D eigenvalue weighted by Crippen LogP contribution is 2.49. The van der Waals surface area contributed by atoms with Gasteiger partial charge in [0.15, 0.2) is 0 Å². The fraction of sp³-hybridized carbons (Fsp3) is 0.370. The van der Waals surface area contributed by atoms with E-state index in [-0.39, 0.29) is 35.7 Å². The van der Waals surface area contributed by atoms with Gasteiger partial charge in [-0.2, -0.15) is 13.2 Å². The average Bonchev–Trinajstić information content (AvgIpc) is 3.30. The Hall–Kier alpha value is -3.20. The van der Waals surface area contributed by atoms with Crippen LogP contribution >= 0.6 is 11.3 Å². The maximum Gasteiger partial charge on any atom is 0.416 e. The minimum atomic E-state index is -4.53. The minimum Gasteiger partial charge on any atom is -0.350 e. The van der Waals surface area contributed by atoms with E-state index in [1.165, 1.54) is 30.4 Å². The lowest BCUT2D eigenvalue weighted by Gasteiger charge is -2.27. The fourth-order valence-corrected chi connectivity index (χ4v) is 6.02. The second-order valence-corrected chi connectivity index (χ2v) is 10.9. The molecule has 1 aliphatic carbocycles. The number of piperidine rings is 1. The number of likely N-dealkylation sites (tertiary alicyclic amines) is 1. The molecular formula is C27H26F3N3O2S. The summed E-state index contributed by atoms with van der Waals surface area (Å²) in [6.07, 6.45) is -2.86. The highest BCUT2D eigenvalue weighted by molar-refractivity contribution is 7.15. The van der Waals surface area contributed by atoms with Crippen molar-refractivity contribution in [2.75, 3.05) is 6.54 Å². The number of carbonyl (C=O) groups is 2. The van der Waals surface area contributed by atoms with Crippen molar-refractivity contribution in [3.8, 4) is 10.4 Å². The topological polar surface area (TPSA) is 62.3 Å². The number of thiazole rings is 1. The molecule has 1 N–H and O–H groups in total. The van der Waals surface area contributed by atoms with Crippen molar-refractivity contribution in [1.82, 2.24) is 15.2 Å². The van der Waals surface area contributed by atoms with Gasteiger partial charge in [0.1, 0.15) is 5.69 Å². The molecule has 3 atom stereocenters. The summed E-state index contributed by atoms with van der Waals surface area (Å²) in [4.78, 5) is 33.7. The lowest BCUT2D eigenvalue weighted by Crippen LogP contribution is -2.45. The normalized spacial score (nSPS) is 20.8. The number of aromatic nitrogens is 1. The van der Waals surface area contributed by atoms with Gasteiger partial charge in [0, 0.05) is 18.2 Å². The number of carbonyl (C=O) groups excluding carboxylic acids is 2. The third-order valence-electron chi connectivity index (χ3n) is 6.97. The molecule has 1 saturated heterocycles. The van der Waals surface area contributed by atoms with Gasteiger partial charge in [0.05, 0.1) is 21.5 Å². The molecule has 0 spiro atoms. The van der Waals surface area contributed by atoms with Crippen LogP contribution in [0.3, 0.4) is 0 Å². The lowest BCUT2D eigenvalue weighted by molar-refractivity contribution is -0.138. The number of hydrogen-bond acceptors (Lipinski definition) is 4. The molecule has 0 bridgehead atoms. The Morgan fingerprint density at radius 3 is 2.61 bits per heavy atom. The molecule has 0 radical (unpaired) electrons. The Morgan fingerprint density at radius 1 is 1.11 bits per heavy atom. The smallest absolute Gasteiger partial charge is 0.350 e. The Kier molecular flexibility index (Phi) is 6.14. The van der Waals surface area contributed by atoms with Gasteiger partial charge in [-0.3, -0.25) is 9.59 Å². The van der Waals surface area contributed by atoms with E-state index in [0.29, 0.717) is 11.6 Å². The van der Waals surface area contributed by atoms with Gasteiger partial charge in [-0.25, -0.2) is 4.98 Å². The molecule has 36 heavy (non-hydrogen) atoms. The van der Waals surface area contributed by atoms with Gasteiger partial charge in [-0.15, -0.1) is 11.3 Å². The molecule has 2 heterocycles. The molecule has 2 aliphatic rings. The molecule has 2 aromatic carbocycles. The predicted octanol–water partition coefficient (Wildman–Crippen LogP) is 5.79. The third kappa shape index (κ3) is 4.64. The van der Waals surface area contributed by atoms with Gasteiger partial charge >= 0.3 is 6.18 Å². The van der Waals surface area contributed by atoms with Crippen LogP contribution in [0.1, 0.15) is 55.4 Å². The van der Waals surface area contributed by atoms with Crippen LogP contribution < -0.4 is 5.32 Å². The first-order valence-electron chi connectivity index (χ1n) is 11.9. The molecule has 0 unspecified atom stereocenters. The van der Waals surface area contributed by atoms with Crippen molar-refractivity contribution in [1.29, 1.82) is 0 Å². The summed E-state index contributed by atoms with van der Waals surface area (Å²) in [7, 11) is 0. The van der Waals surface area contributed by atoms with E-state index in [0.717, 1.165) is 39.9 Å². The summed E-state index contributed by atoms with van der Waals surface area (Å²) in [5.41, 5.74) is 1.64. The van der Waals surface area contributed by atoms with Crippen LogP contribution in [0, 0.1) is 26.7 Å². The molecule has 3 aromatic rings. The van der Waals surface area contributed by atoms with E-state index >= 15 is 0 Å². The van der Waals surface area contributed by atoms with E-state index < -0.39 is 17.6 Å². The minimum absolute atomic E-state index is 0.0502. The molecule has 1 aromatic heterocycles. The number of amides is 2. The first-order valence-corrected chi connectivity index (χ1v) is 12.7. The number of nitrogens with zero attached hydrogens (tertiary/aromatic N) is 2. The summed E-state index contributed by atoms with van der Waals surface area (Å²) < 4.78 is 39.8. The van der Waals surface area contributed by atoms with Crippen LogP contribution in [0.2, 0.25) is 0 Å². The highest BCUT2D eigenvalue weighted by atomic mass is 32.1. The zero-order valence-corrected chi connectivity index (χ0v) is 21.0.